The van der Waals surface area contributed by atoms with Gasteiger partial charge in [0.05, 0.1) is 6.04 Å². The van der Waals surface area contributed by atoms with Crippen molar-refractivity contribution in [3.8, 4) is 0 Å². The van der Waals surface area contributed by atoms with E-state index in [0.29, 0.717) is 6.42 Å². The van der Waals surface area contributed by atoms with Crippen LogP contribution in [0.3, 0.4) is 0 Å². The van der Waals surface area contributed by atoms with E-state index < -0.39 is 0 Å². The number of allylic oxidation sites excluding steroid dienone is 2. The number of carbonyl (C=O) groups excluding carboxylic acids is 2. The summed E-state index contributed by atoms with van der Waals surface area (Å²) in [6.07, 6.45) is 14.3. The number of thioether (sulfide) groups is 1. The Balaban J connectivity index is 3.75. The highest BCUT2D eigenvalue weighted by atomic mass is 32.2. The Morgan fingerprint density at radius 2 is 1.81 bits per heavy atom. The molecule has 0 aliphatic rings. The Bertz CT molecular complexity index is 316. The Hall–Kier alpha value is -0.770. The molecule has 0 rings (SSSR count). The van der Waals surface area contributed by atoms with Gasteiger partial charge in [-0.3, -0.25) is 9.59 Å². The first kappa shape index (κ1) is 20.2. The SMILES string of the molecule is CCCCCC=CCCCC(=O)NC(CCSC)C(C)=O. The monoisotopic (exact) mass is 313 g/mol. The quantitative estimate of drug-likeness (QED) is 0.411. The number of unbranched alkanes of at least 4 members (excludes halogenated alkanes) is 4. The van der Waals surface area contributed by atoms with Crippen molar-refractivity contribution in [1.29, 1.82) is 0 Å². The fraction of sp³-hybridized carbons (Fsp3) is 0.765. The van der Waals surface area contributed by atoms with E-state index >= 15 is 0 Å². The second-order valence-electron chi connectivity index (χ2n) is 5.37. The van der Waals surface area contributed by atoms with Crippen LogP contribution in [0.2, 0.25) is 0 Å². The van der Waals surface area contributed by atoms with Gasteiger partial charge in [0.15, 0.2) is 5.78 Å². The van der Waals surface area contributed by atoms with Gasteiger partial charge in [0, 0.05) is 6.42 Å². The van der Waals surface area contributed by atoms with E-state index in [4.69, 9.17) is 0 Å². The molecule has 0 spiro atoms. The Labute approximate surface area is 134 Å². The molecule has 0 fully saturated rings. The van der Waals surface area contributed by atoms with Crippen LogP contribution in [0.1, 0.15) is 65.2 Å². The van der Waals surface area contributed by atoms with Crippen LogP contribution in [0.25, 0.3) is 0 Å². The molecule has 122 valence electrons. The van der Waals surface area contributed by atoms with Crippen LogP contribution in [-0.2, 0) is 9.59 Å². The van der Waals surface area contributed by atoms with Gasteiger partial charge in [-0.05, 0) is 51.0 Å². The van der Waals surface area contributed by atoms with Gasteiger partial charge in [-0.2, -0.15) is 11.8 Å². The average molecular weight is 314 g/mol. The van der Waals surface area contributed by atoms with Crippen molar-refractivity contribution in [3.63, 3.8) is 0 Å². The topological polar surface area (TPSA) is 46.2 Å². The lowest BCUT2D eigenvalue weighted by atomic mass is 10.1. The molecular weight excluding hydrogens is 282 g/mol. The van der Waals surface area contributed by atoms with E-state index in [-0.39, 0.29) is 17.7 Å². The molecule has 0 saturated heterocycles. The minimum atomic E-state index is -0.311. The zero-order valence-electron chi connectivity index (χ0n) is 13.8. The van der Waals surface area contributed by atoms with E-state index in [0.717, 1.165) is 31.4 Å². The molecule has 0 saturated carbocycles. The summed E-state index contributed by atoms with van der Waals surface area (Å²) in [7, 11) is 0. The molecule has 0 aromatic carbocycles. The normalized spacial score (nSPS) is 12.5. The summed E-state index contributed by atoms with van der Waals surface area (Å²) in [5.74, 6) is 0.939. The number of hydrogen-bond donors (Lipinski definition) is 1. The number of amides is 1. The zero-order valence-corrected chi connectivity index (χ0v) is 14.6. The van der Waals surface area contributed by atoms with E-state index in [9.17, 15) is 9.59 Å². The molecule has 0 aliphatic heterocycles. The molecule has 4 heteroatoms. The van der Waals surface area contributed by atoms with E-state index in [1.807, 2.05) is 6.26 Å². The van der Waals surface area contributed by atoms with E-state index in [1.54, 1.807) is 18.7 Å². The van der Waals surface area contributed by atoms with Crippen molar-refractivity contribution in [1.82, 2.24) is 5.32 Å². The van der Waals surface area contributed by atoms with Crippen LogP contribution in [0, 0.1) is 0 Å². The Morgan fingerprint density at radius 3 is 2.38 bits per heavy atom. The van der Waals surface area contributed by atoms with Gasteiger partial charge in [-0.15, -0.1) is 0 Å². The maximum Gasteiger partial charge on any atom is 0.220 e. The molecular formula is C17H31NO2S. The van der Waals surface area contributed by atoms with Crippen LogP contribution in [0.5, 0.6) is 0 Å². The fourth-order valence-electron chi connectivity index (χ4n) is 2.01. The molecule has 3 nitrogen and oxygen atoms in total. The molecule has 0 bridgehead atoms. The predicted molar refractivity (Wildman–Crippen MR) is 92.7 cm³/mol. The summed E-state index contributed by atoms with van der Waals surface area (Å²) >= 11 is 1.69. The van der Waals surface area contributed by atoms with Crippen LogP contribution >= 0.6 is 11.8 Å². The van der Waals surface area contributed by atoms with Gasteiger partial charge in [0.1, 0.15) is 0 Å². The second kappa shape index (κ2) is 14.2. The van der Waals surface area contributed by atoms with Crippen LogP contribution in [0.4, 0.5) is 0 Å². The van der Waals surface area contributed by atoms with Crippen molar-refractivity contribution < 1.29 is 9.59 Å². The van der Waals surface area contributed by atoms with Gasteiger partial charge in [-0.1, -0.05) is 31.9 Å². The predicted octanol–water partition coefficient (Wildman–Crippen LogP) is 4.12. The van der Waals surface area contributed by atoms with E-state index in [1.165, 1.54) is 19.3 Å². The second-order valence-corrected chi connectivity index (χ2v) is 6.36. The first-order chi connectivity index (χ1) is 10.1. The average Bonchev–Trinajstić information content (AvgIpc) is 2.46. The molecule has 1 N–H and O–H groups in total. The first-order valence-corrected chi connectivity index (χ1v) is 9.45. The van der Waals surface area contributed by atoms with Crippen LogP contribution < -0.4 is 5.32 Å². The number of hydrogen-bond acceptors (Lipinski definition) is 3. The highest BCUT2D eigenvalue weighted by molar-refractivity contribution is 7.98. The maximum atomic E-state index is 11.8. The van der Waals surface area contributed by atoms with Crippen molar-refractivity contribution in [2.45, 2.75) is 71.3 Å². The number of Topliss-reactive ketones (excluding diaryl/α,β-unsaturated/α-hetero) is 1. The lowest BCUT2D eigenvalue weighted by molar-refractivity contribution is -0.127. The molecule has 0 aliphatic carbocycles. The smallest absolute Gasteiger partial charge is 0.220 e. The Kier molecular flexibility index (Phi) is 13.7. The molecule has 1 atom stereocenters. The Morgan fingerprint density at radius 1 is 1.14 bits per heavy atom. The van der Waals surface area contributed by atoms with Gasteiger partial charge in [0.2, 0.25) is 5.91 Å². The number of rotatable bonds is 13. The third-order valence-corrected chi connectivity index (χ3v) is 4.00. The molecule has 0 aromatic rings. The van der Waals surface area contributed by atoms with Crippen LogP contribution in [0.15, 0.2) is 12.2 Å². The lowest BCUT2D eigenvalue weighted by Gasteiger charge is -2.15. The molecule has 0 heterocycles. The highest BCUT2D eigenvalue weighted by Gasteiger charge is 2.15. The summed E-state index contributed by atoms with van der Waals surface area (Å²) in [4.78, 5) is 23.3. The fourth-order valence-corrected chi connectivity index (χ4v) is 2.48. The number of nitrogens with one attached hydrogen (secondary N) is 1. The van der Waals surface area contributed by atoms with Crippen molar-refractivity contribution in [2.75, 3.05) is 12.0 Å². The van der Waals surface area contributed by atoms with Crippen molar-refractivity contribution in [2.24, 2.45) is 0 Å². The third-order valence-electron chi connectivity index (χ3n) is 3.35. The standard InChI is InChI=1S/C17H31NO2S/c1-4-5-6-7-8-9-10-11-12-17(20)18-16(15(2)19)13-14-21-3/h8-9,16H,4-7,10-14H2,1-3H3,(H,18,20). The molecule has 0 radical (unpaired) electrons. The zero-order chi connectivity index (χ0) is 15.9. The summed E-state index contributed by atoms with van der Waals surface area (Å²) in [6.45, 7) is 3.75. The highest BCUT2D eigenvalue weighted by Crippen LogP contribution is 2.05. The van der Waals surface area contributed by atoms with Gasteiger partial charge < -0.3 is 5.32 Å². The molecule has 21 heavy (non-hydrogen) atoms. The first-order valence-electron chi connectivity index (χ1n) is 8.05. The lowest BCUT2D eigenvalue weighted by Crippen LogP contribution is -2.40. The molecule has 0 aromatic heterocycles. The summed E-state index contributed by atoms with van der Waals surface area (Å²) in [5.41, 5.74) is 0. The summed E-state index contributed by atoms with van der Waals surface area (Å²) in [5, 5.41) is 2.84. The van der Waals surface area contributed by atoms with Gasteiger partial charge in [0.25, 0.3) is 0 Å². The molecule has 1 unspecified atom stereocenters. The minimum Gasteiger partial charge on any atom is -0.346 e. The van der Waals surface area contributed by atoms with Gasteiger partial charge >= 0.3 is 0 Å². The third kappa shape index (κ3) is 12.7. The summed E-state index contributed by atoms with van der Waals surface area (Å²) in [6, 6.07) is -0.311. The number of ketones is 1. The maximum absolute atomic E-state index is 11.8. The van der Waals surface area contributed by atoms with Gasteiger partial charge in [-0.25, -0.2) is 0 Å². The molecule has 1 amide bonds. The minimum absolute atomic E-state index is 0.00399. The van der Waals surface area contributed by atoms with Crippen molar-refractivity contribution in [3.05, 3.63) is 12.2 Å². The van der Waals surface area contributed by atoms with Crippen molar-refractivity contribution >= 4 is 23.5 Å². The van der Waals surface area contributed by atoms with E-state index in [2.05, 4.69) is 24.4 Å². The number of carbonyl (C=O) groups is 2. The summed E-state index contributed by atoms with van der Waals surface area (Å²) < 4.78 is 0. The van der Waals surface area contributed by atoms with Crippen LogP contribution in [-0.4, -0.2) is 29.7 Å². The largest absolute Gasteiger partial charge is 0.346 e.